The van der Waals surface area contributed by atoms with Crippen molar-refractivity contribution >= 4 is 23.5 Å². The van der Waals surface area contributed by atoms with Gasteiger partial charge >= 0.3 is 0 Å². The number of aliphatic hydroxyl groups excluding tert-OH is 1. The van der Waals surface area contributed by atoms with Gasteiger partial charge in [-0.05, 0) is 37.1 Å². The van der Waals surface area contributed by atoms with E-state index < -0.39 is 0 Å². The normalized spacial score (nSPS) is 12.9. The van der Waals surface area contributed by atoms with Crippen molar-refractivity contribution in [1.82, 2.24) is 0 Å². The molecule has 0 radical (unpaired) electrons. The van der Waals surface area contributed by atoms with Gasteiger partial charge in [-0.15, -0.1) is 23.5 Å². The Bertz CT molecular complexity index is 284. The second-order valence-electron chi connectivity index (χ2n) is 2.79. The molecular weight excluding hydrogens is 200 g/mol. The molecule has 3 heteroatoms. The molecule has 1 nitrogen and oxygen atoms in total. The van der Waals surface area contributed by atoms with Crippen molar-refractivity contribution in [2.75, 3.05) is 12.5 Å². The third kappa shape index (κ3) is 2.66. The predicted octanol–water partition coefficient (Wildman–Crippen LogP) is 3.18. The second kappa shape index (κ2) is 4.94. The molecule has 0 heterocycles. The highest BCUT2D eigenvalue weighted by molar-refractivity contribution is 8.01. The summed E-state index contributed by atoms with van der Waals surface area (Å²) in [6.45, 7) is 1.79. The van der Waals surface area contributed by atoms with Crippen molar-refractivity contribution in [3.05, 3.63) is 23.8 Å². The van der Waals surface area contributed by atoms with Crippen LogP contribution >= 0.6 is 23.5 Å². The average Bonchev–Trinajstić information content (AvgIpc) is 2.16. The summed E-state index contributed by atoms with van der Waals surface area (Å²) in [5.74, 6) is 0. The summed E-state index contributed by atoms with van der Waals surface area (Å²) in [5, 5.41) is 9.39. The molecule has 0 aliphatic heterocycles. The van der Waals surface area contributed by atoms with E-state index in [1.807, 2.05) is 6.07 Å². The molecule has 1 N–H and O–H groups in total. The van der Waals surface area contributed by atoms with E-state index in [2.05, 4.69) is 24.6 Å². The number of hydrogen-bond acceptors (Lipinski definition) is 3. The van der Waals surface area contributed by atoms with E-state index in [1.165, 1.54) is 9.79 Å². The molecule has 1 aromatic carbocycles. The summed E-state index contributed by atoms with van der Waals surface area (Å²) in [6, 6.07) is 6.11. The van der Waals surface area contributed by atoms with Crippen molar-refractivity contribution in [2.24, 2.45) is 0 Å². The molecule has 0 saturated carbocycles. The van der Waals surface area contributed by atoms with Crippen molar-refractivity contribution in [1.29, 1.82) is 0 Å². The van der Waals surface area contributed by atoms with E-state index in [-0.39, 0.29) is 6.10 Å². The molecule has 1 rings (SSSR count). The van der Waals surface area contributed by atoms with Gasteiger partial charge in [0.2, 0.25) is 0 Å². The number of hydrogen-bond donors (Lipinski definition) is 1. The van der Waals surface area contributed by atoms with Crippen LogP contribution in [-0.4, -0.2) is 17.6 Å². The third-order valence-corrected chi connectivity index (χ3v) is 3.59. The Morgan fingerprint density at radius 1 is 1.15 bits per heavy atom. The molecule has 0 amide bonds. The lowest BCUT2D eigenvalue weighted by Gasteiger charge is -2.09. The molecule has 72 valence electrons. The minimum atomic E-state index is -0.373. The summed E-state index contributed by atoms with van der Waals surface area (Å²) >= 11 is 3.46. The lowest BCUT2D eigenvalue weighted by Crippen LogP contribution is -1.91. The monoisotopic (exact) mass is 214 g/mol. The van der Waals surface area contributed by atoms with Gasteiger partial charge in [-0.25, -0.2) is 0 Å². The quantitative estimate of drug-likeness (QED) is 0.780. The van der Waals surface area contributed by atoms with Gasteiger partial charge in [-0.3, -0.25) is 0 Å². The fourth-order valence-electron chi connectivity index (χ4n) is 1.11. The molecule has 0 spiro atoms. The maximum absolute atomic E-state index is 9.39. The Morgan fingerprint density at radius 2 is 1.77 bits per heavy atom. The van der Waals surface area contributed by atoms with Gasteiger partial charge in [0.15, 0.2) is 0 Å². The van der Waals surface area contributed by atoms with Crippen LogP contribution in [0.5, 0.6) is 0 Å². The highest BCUT2D eigenvalue weighted by atomic mass is 32.2. The van der Waals surface area contributed by atoms with Crippen molar-refractivity contribution in [2.45, 2.75) is 22.8 Å². The van der Waals surface area contributed by atoms with Crippen LogP contribution in [0.2, 0.25) is 0 Å². The molecule has 1 aromatic rings. The third-order valence-electron chi connectivity index (χ3n) is 1.89. The summed E-state index contributed by atoms with van der Waals surface area (Å²) < 4.78 is 0. The van der Waals surface area contributed by atoms with E-state index in [0.717, 1.165) is 5.56 Å². The molecule has 0 fully saturated rings. The molecule has 1 unspecified atom stereocenters. The number of rotatable bonds is 3. The smallest absolute Gasteiger partial charge is 0.0762 e. The van der Waals surface area contributed by atoms with Crippen molar-refractivity contribution in [3.8, 4) is 0 Å². The minimum absolute atomic E-state index is 0.373. The van der Waals surface area contributed by atoms with Crippen LogP contribution in [0.25, 0.3) is 0 Å². The number of thioether (sulfide) groups is 2. The van der Waals surface area contributed by atoms with Crippen LogP contribution in [0, 0.1) is 0 Å². The highest BCUT2D eigenvalue weighted by Crippen LogP contribution is 2.30. The average molecular weight is 214 g/mol. The van der Waals surface area contributed by atoms with Crippen LogP contribution in [0.1, 0.15) is 18.6 Å². The summed E-state index contributed by atoms with van der Waals surface area (Å²) in [7, 11) is 0. The van der Waals surface area contributed by atoms with Gasteiger partial charge < -0.3 is 5.11 Å². The molecule has 0 aromatic heterocycles. The lowest BCUT2D eigenvalue weighted by atomic mass is 10.1. The number of aliphatic hydroxyl groups is 1. The maximum Gasteiger partial charge on any atom is 0.0762 e. The Labute approximate surface area is 87.9 Å². The topological polar surface area (TPSA) is 20.2 Å². The molecular formula is C10H14OS2. The highest BCUT2D eigenvalue weighted by Gasteiger charge is 2.05. The van der Waals surface area contributed by atoms with Crippen LogP contribution in [0.15, 0.2) is 28.0 Å². The summed E-state index contributed by atoms with van der Waals surface area (Å²) in [5.41, 5.74) is 0.988. The SMILES string of the molecule is CSc1ccc(C(C)O)cc1SC. The largest absolute Gasteiger partial charge is 0.389 e. The van der Waals surface area contributed by atoms with Gasteiger partial charge in [0.1, 0.15) is 0 Å². The van der Waals surface area contributed by atoms with Gasteiger partial charge in [0.25, 0.3) is 0 Å². The van der Waals surface area contributed by atoms with Crippen molar-refractivity contribution < 1.29 is 5.11 Å². The zero-order valence-electron chi connectivity index (χ0n) is 8.07. The first-order valence-corrected chi connectivity index (χ1v) is 6.54. The predicted molar refractivity (Wildman–Crippen MR) is 60.6 cm³/mol. The Kier molecular flexibility index (Phi) is 4.16. The van der Waals surface area contributed by atoms with Gasteiger partial charge in [-0.2, -0.15) is 0 Å². The lowest BCUT2D eigenvalue weighted by molar-refractivity contribution is 0.199. The Balaban J connectivity index is 3.05. The number of benzene rings is 1. The van der Waals surface area contributed by atoms with Gasteiger partial charge in [0.05, 0.1) is 6.10 Å². The Morgan fingerprint density at radius 3 is 2.23 bits per heavy atom. The van der Waals surface area contributed by atoms with Crippen LogP contribution in [-0.2, 0) is 0 Å². The summed E-state index contributed by atoms with van der Waals surface area (Å²) in [6.07, 6.45) is 3.75. The Hall–Kier alpha value is -0.120. The molecule has 0 aliphatic carbocycles. The van der Waals surface area contributed by atoms with Crippen LogP contribution in [0.4, 0.5) is 0 Å². The first kappa shape index (κ1) is 11.0. The molecule has 1 atom stereocenters. The van der Waals surface area contributed by atoms with Gasteiger partial charge in [0, 0.05) is 9.79 Å². The van der Waals surface area contributed by atoms with Crippen LogP contribution < -0.4 is 0 Å². The van der Waals surface area contributed by atoms with E-state index in [0.29, 0.717) is 0 Å². The standard InChI is InChI=1S/C10H14OS2/c1-7(11)8-4-5-9(12-2)10(6-8)13-3/h4-7,11H,1-3H3. The van der Waals surface area contributed by atoms with Crippen molar-refractivity contribution in [3.63, 3.8) is 0 Å². The first-order chi connectivity index (χ1) is 6.19. The minimum Gasteiger partial charge on any atom is -0.389 e. The summed E-state index contributed by atoms with van der Waals surface area (Å²) in [4.78, 5) is 2.52. The fourth-order valence-corrected chi connectivity index (χ4v) is 2.60. The van der Waals surface area contributed by atoms with E-state index >= 15 is 0 Å². The fraction of sp³-hybridized carbons (Fsp3) is 0.400. The molecule has 0 bridgehead atoms. The van der Waals surface area contributed by atoms with E-state index in [4.69, 9.17) is 0 Å². The second-order valence-corrected chi connectivity index (χ2v) is 4.49. The van der Waals surface area contributed by atoms with Crippen LogP contribution in [0.3, 0.4) is 0 Å². The molecule has 0 saturated heterocycles. The first-order valence-electron chi connectivity index (χ1n) is 4.09. The zero-order chi connectivity index (χ0) is 9.84. The maximum atomic E-state index is 9.39. The van der Waals surface area contributed by atoms with Gasteiger partial charge in [-0.1, -0.05) is 6.07 Å². The molecule has 13 heavy (non-hydrogen) atoms. The van der Waals surface area contributed by atoms with E-state index in [1.54, 1.807) is 30.4 Å². The van der Waals surface area contributed by atoms with E-state index in [9.17, 15) is 5.11 Å². The molecule has 0 aliphatic rings. The zero-order valence-corrected chi connectivity index (χ0v) is 9.71.